The Hall–Kier alpha value is -1.75. The van der Waals surface area contributed by atoms with Crippen LogP contribution in [-0.4, -0.2) is 60.4 Å². The molecule has 0 heterocycles. The molecule has 0 saturated carbocycles. The van der Waals surface area contributed by atoms with Crippen LogP contribution in [0.4, 0.5) is 0 Å². The highest BCUT2D eigenvalue weighted by atomic mass is 16.4. The predicted octanol–water partition coefficient (Wildman–Crippen LogP) is -3.72. The normalized spacial score (nSPS) is 8.81. The van der Waals surface area contributed by atoms with Crippen LogP contribution in [0.3, 0.4) is 0 Å². The van der Waals surface area contributed by atoms with E-state index in [0.717, 1.165) is 0 Å². The van der Waals surface area contributed by atoms with Crippen molar-refractivity contribution in [1.82, 2.24) is 0 Å². The summed E-state index contributed by atoms with van der Waals surface area (Å²) in [5.41, 5.74) is -2.74. The third kappa shape index (κ3) is 7.64. The Morgan fingerprint density at radius 3 is 1.19 bits per heavy atom. The van der Waals surface area contributed by atoms with E-state index in [1.54, 1.807) is 0 Å². The van der Waals surface area contributed by atoms with E-state index in [1.807, 2.05) is 0 Å². The quantitative estimate of drug-likeness (QED) is 0.378. The predicted molar refractivity (Wildman–Crippen MR) is 47.9 cm³/mol. The SMILES string of the molecule is O.O.O.O=C(O)CC(O)(CC(=O)O)C(=O)O. The monoisotopic (exact) mass is 246 g/mol. The molecule has 0 aromatic carbocycles. The first kappa shape index (κ1) is 23.8. The van der Waals surface area contributed by atoms with Crippen molar-refractivity contribution in [3.05, 3.63) is 0 Å². The van der Waals surface area contributed by atoms with Crippen molar-refractivity contribution in [2.24, 2.45) is 0 Å². The fourth-order valence-corrected chi connectivity index (χ4v) is 0.714. The van der Waals surface area contributed by atoms with Crippen LogP contribution in [-0.2, 0) is 14.4 Å². The molecule has 0 aliphatic carbocycles. The fourth-order valence-electron chi connectivity index (χ4n) is 0.714. The van der Waals surface area contributed by atoms with Crippen LogP contribution in [0, 0.1) is 0 Å². The molecule has 0 aromatic rings. The first-order chi connectivity index (χ1) is 5.78. The van der Waals surface area contributed by atoms with Crippen molar-refractivity contribution < 1.29 is 51.2 Å². The van der Waals surface area contributed by atoms with E-state index in [1.165, 1.54) is 0 Å². The van der Waals surface area contributed by atoms with E-state index < -0.39 is 36.4 Å². The van der Waals surface area contributed by atoms with Gasteiger partial charge in [-0.05, 0) is 0 Å². The summed E-state index contributed by atoms with van der Waals surface area (Å²) < 4.78 is 0. The fraction of sp³-hybridized carbons (Fsp3) is 0.500. The average molecular weight is 246 g/mol. The molecular weight excluding hydrogens is 232 g/mol. The van der Waals surface area contributed by atoms with Gasteiger partial charge in [0.05, 0.1) is 12.8 Å². The Balaban J connectivity index is -0.000000240. The third-order valence-electron chi connectivity index (χ3n) is 1.29. The van der Waals surface area contributed by atoms with E-state index >= 15 is 0 Å². The highest BCUT2D eigenvalue weighted by molar-refractivity contribution is 5.88. The molecule has 0 radical (unpaired) electrons. The van der Waals surface area contributed by atoms with Crippen LogP contribution in [0.1, 0.15) is 12.8 Å². The second-order valence-electron chi connectivity index (χ2n) is 2.48. The van der Waals surface area contributed by atoms with Crippen LogP contribution < -0.4 is 0 Å². The van der Waals surface area contributed by atoms with Crippen LogP contribution in [0.25, 0.3) is 0 Å². The summed E-state index contributed by atoms with van der Waals surface area (Å²) in [6, 6.07) is 0. The molecule has 0 spiro atoms. The van der Waals surface area contributed by atoms with Crippen LogP contribution in [0.2, 0.25) is 0 Å². The number of hydrogen-bond donors (Lipinski definition) is 4. The van der Waals surface area contributed by atoms with Crippen LogP contribution in [0.5, 0.6) is 0 Å². The second kappa shape index (κ2) is 8.55. The maximum atomic E-state index is 10.3. The molecule has 0 fully saturated rings. The number of carboxylic acid groups (broad SMARTS) is 3. The lowest BCUT2D eigenvalue weighted by molar-refractivity contribution is -0.170. The Morgan fingerprint density at radius 2 is 1.06 bits per heavy atom. The summed E-state index contributed by atoms with van der Waals surface area (Å²) in [6.07, 6.45) is -2.29. The van der Waals surface area contributed by atoms with Gasteiger partial charge in [-0.2, -0.15) is 0 Å². The van der Waals surface area contributed by atoms with Crippen LogP contribution in [0.15, 0.2) is 0 Å². The van der Waals surface area contributed by atoms with E-state index in [0.29, 0.717) is 0 Å². The Labute approximate surface area is 88.7 Å². The van der Waals surface area contributed by atoms with Crippen molar-refractivity contribution >= 4 is 17.9 Å². The molecule has 16 heavy (non-hydrogen) atoms. The number of hydrogen-bond acceptors (Lipinski definition) is 4. The molecule has 0 unspecified atom stereocenters. The van der Waals surface area contributed by atoms with E-state index in [-0.39, 0.29) is 16.4 Å². The molecule has 0 saturated heterocycles. The van der Waals surface area contributed by atoms with E-state index in [9.17, 15) is 14.4 Å². The maximum absolute atomic E-state index is 10.3. The standard InChI is InChI=1S/C6H8O7.3H2O/c7-3(8)1-6(13,5(11)12)2-4(9)10;;;/h13H,1-2H2,(H,7,8)(H,9,10)(H,11,12);3*1H2. The van der Waals surface area contributed by atoms with Gasteiger partial charge in [0, 0.05) is 0 Å². The molecule has 0 atom stereocenters. The first-order valence-electron chi connectivity index (χ1n) is 3.17. The molecule has 10 heteroatoms. The molecule has 0 rings (SSSR count). The van der Waals surface area contributed by atoms with Crippen molar-refractivity contribution in [2.75, 3.05) is 0 Å². The lowest BCUT2D eigenvalue weighted by atomic mass is 9.96. The minimum Gasteiger partial charge on any atom is -0.481 e. The Kier molecular flexibility index (Phi) is 12.7. The maximum Gasteiger partial charge on any atom is 0.336 e. The van der Waals surface area contributed by atoms with Gasteiger partial charge >= 0.3 is 17.9 Å². The van der Waals surface area contributed by atoms with Crippen molar-refractivity contribution in [3.8, 4) is 0 Å². The van der Waals surface area contributed by atoms with Crippen molar-refractivity contribution in [1.29, 1.82) is 0 Å². The van der Waals surface area contributed by atoms with Gasteiger partial charge in [0.15, 0.2) is 5.60 Å². The van der Waals surface area contributed by atoms with E-state index in [2.05, 4.69) is 0 Å². The smallest absolute Gasteiger partial charge is 0.336 e. The molecule has 0 aliphatic heterocycles. The molecule has 98 valence electrons. The van der Waals surface area contributed by atoms with Gasteiger partial charge in [0.1, 0.15) is 0 Å². The number of carboxylic acids is 3. The van der Waals surface area contributed by atoms with Gasteiger partial charge in [0.25, 0.3) is 0 Å². The molecule has 10 N–H and O–H groups in total. The van der Waals surface area contributed by atoms with Gasteiger partial charge in [-0.1, -0.05) is 0 Å². The molecule has 10 nitrogen and oxygen atoms in total. The second-order valence-corrected chi connectivity index (χ2v) is 2.48. The Morgan fingerprint density at radius 1 is 0.812 bits per heavy atom. The largest absolute Gasteiger partial charge is 0.481 e. The van der Waals surface area contributed by atoms with E-state index in [4.69, 9.17) is 20.4 Å². The summed E-state index contributed by atoms with van der Waals surface area (Å²) in [5, 5.41) is 33.8. The highest BCUT2D eigenvalue weighted by Gasteiger charge is 2.40. The Bertz CT molecular complexity index is 230. The average Bonchev–Trinajstić information content (AvgIpc) is 1.82. The first-order valence-corrected chi connectivity index (χ1v) is 3.17. The summed E-state index contributed by atoms with van der Waals surface area (Å²) >= 11 is 0. The summed E-state index contributed by atoms with van der Waals surface area (Å²) in [5.74, 6) is -5.02. The van der Waals surface area contributed by atoms with Gasteiger partial charge in [-0.15, -0.1) is 0 Å². The van der Waals surface area contributed by atoms with Gasteiger partial charge in [0.2, 0.25) is 0 Å². The lowest BCUT2D eigenvalue weighted by Crippen LogP contribution is -2.42. The minimum atomic E-state index is -2.74. The molecule has 0 aromatic heterocycles. The summed E-state index contributed by atoms with van der Waals surface area (Å²) in [7, 11) is 0. The third-order valence-corrected chi connectivity index (χ3v) is 1.29. The van der Waals surface area contributed by atoms with Crippen LogP contribution >= 0.6 is 0 Å². The molecule has 0 bridgehead atoms. The molecule has 0 aliphatic rings. The van der Waals surface area contributed by atoms with Crippen molar-refractivity contribution in [2.45, 2.75) is 18.4 Å². The topological polar surface area (TPSA) is 227 Å². The molecule has 0 amide bonds. The highest BCUT2D eigenvalue weighted by Crippen LogP contribution is 2.15. The number of rotatable bonds is 5. The summed E-state index contributed by atoms with van der Waals surface area (Å²) in [4.78, 5) is 30.5. The lowest BCUT2D eigenvalue weighted by Gasteiger charge is -2.18. The van der Waals surface area contributed by atoms with Gasteiger partial charge in [-0.25, -0.2) is 4.79 Å². The zero-order chi connectivity index (χ0) is 10.6. The zero-order valence-corrected chi connectivity index (χ0v) is 7.93. The number of carbonyl (C=O) groups is 3. The number of aliphatic carboxylic acids is 3. The number of aliphatic hydroxyl groups is 1. The van der Waals surface area contributed by atoms with Gasteiger partial charge in [-0.3, -0.25) is 9.59 Å². The van der Waals surface area contributed by atoms with Crippen molar-refractivity contribution in [3.63, 3.8) is 0 Å². The van der Waals surface area contributed by atoms with Gasteiger partial charge < -0.3 is 36.9 Å². The zero-order valence-electron chi connectivity index (χ0n) is 7.93. The molecular formula is C6H14O10. The summed E-state index contributed by atoms with van der Waals surface area (Å²) in [6.45, 7) is 0. The minimum absolute atomic E-state index is 0.